The fourth-order valence-corrected chi connectivity index (χ4v) is 3.00. The number of nitrogens with zero attached hydrogens (tertiary/aromatic N) is 1. The van der Waals surface area contributed by atoms with Gasteiger partial charge in [-0.05, 0) is 24.1 Å². The van der Waals surface area contributed by atoms with Crippen LogP contribution < -0.4 is 10.9 Å². The van der Waals surface area contributed by atoms with Gasteiger partial charge in [-0.3, -0.25) is 4.79 Å². The summed E-state index contributed by atoms with van der Waals surface area (Å²) in [5.41, 5.74) is -0.996. The van der Waals surface area contributed by atoms with Gasteiger partial charge in [-0.15, -0.1) is 0 Å². The highest BCUT2D eigenvalue weighted by molar-refractivity contribution is 5.93. The predicted octanol–water partition coefficient (Wildman–Crippen LogP) is 4.64. The number of fused-ring (bicyclic) bond motifs is 1. The number of hydrogen-bond acceptors (Lipinski definition) is 4. The number of hydrogen-bond donors (Lipinski definition) is 2. The zero-order valence-corrected chi connectivity index (χ0v) is 16.2. The molecule has 0 aliphatic carbocycles. The van der Waals surface area contributed by atoms with Crippen molar-refractivity contribution in [2.75, 3.05) is 6.61 Å². The molecular formula is C21H20F3N3O3. The van der Waals surface area contributed by atoms with Crippen molar-refractivity contribution in [2.24, 2.45) is 0 Å². The van der Waals surface area contributed by atoms with E-state index in [1.807, 2.05) is 6.92 Å². The largest absolute Gasteiger partial charge is 0.450 e. The van der Waals surface area contributed by atoms with Crippen molar-refractivity contribution in [1.82, 2.24) is 15.5 Å². The number of alkyl halides is 3. The molecule has 6 nitrogen and oxygen atoms in total. The quantitative estimate of drug-likeness (QED) is 0.571. The van der Waals surface area contributed by atoms with E-state index in [-0.39, 0.29) is 30.0 Å². The third-order valence-electron chi connectivity index (χ3n) is 4.54. The Morgan fingerprint density at radius 2 is 1.90 bits per heavy atom. The average Bonchev–Trinajstić information content (AvgIpc) is 2.72. The van der Waals surface area contributed by atoms with Gasteiger partial charge in [0.05, 0.1) is 23.3 Å². The lowest BCUT2D eigenvalue weighted by Crippen LogP contribution is -2.25. The Balaban J connectivity index is 1.94. The number of rotatable bonds is 6. The van der Waals surface area contributed by atoms with Crippen LogP contribution in [0.4, 0.5) is 18.0 Å². The summed E-state index contributed by atoms with van der Waals surface area (Å²) in [7, 11) is 0. The third kappa shape index (κ3) is 4.79. The van der Waals surface area contributed by atoms with Gasteiger partial charge < -0.3 is 10.1 Å². The number of alkyl carbamates (subject to hydrolysis) is 1. The van der Waals surface area contributed by atoms with Crippen molar-refractivity contribution < 1.29 is 22.7 Å². The van der Waals surface area contributed by atoms with Gasteiger partial charge >= 0.3 is 12.3 Å². The molecule has 2 aromatic carbocycles. The lowest BCUT2D eigenvalue weighted by molar-refractivity contribution is -0.138. The molecular weight excluding hydrogens is 399 g/mol. The van der Waals surface area contributed by atoms with E-state index in [0.29, 0.717) is 17.2 Å². The Labute approximate surface area is 170 Å². The van der Waals surface area contributed by atoms with Gasteiger partial charge in [0, 0.05) is 17.5 Å². The highest BCUT2D eigenvalue weighted by atomic mass is 19.4. The Hall–Kier alpha value is -3.36. The Kier molecular flexibility index (Phi) is 6.39. The van der Waals surface area contributed by atoms with Crippen LogP contribution in [-0.2, 0) is 17.5 Å². The Morgan fingerprint density at radius 1 is 1.17 bits per heavy atom. The normalized spacial score (nSPS) is 11.5. The molecule has 0 radical (unpaired) electrons. The van der Waals surface area contributed by atoms with Crippen LogP contribution in [0.25, 0.3) is 22.0 Å². The van der Waals surface area contributed by atoms with Crippen LogP contribution in [0.15, 0.2) is 47.3 Å². The second kappa shape index (κ2) is 8.98. The minimum atomic E-state index is -4.64. The fourth-order valence-electron chi connectivity index (χ4n) is 3.00. The standard InChI is InChI=1S/C21H20F3N3O3/c1-2-3-10-30-20(29)25-12-14-9-8-13(11-17(14)21(22,23)24)18-15-6-4-5-7-16(15)19(28)27-26-18/h4-9,11H,2-3,10,12H2,1H3,(H,25,29)(H,27,28). The Bertz CT molecular complexity index is 1110. The molecule has 0 aliphatic heterocycles. The molecule has 2 N–H and O–H groups in total. The summed E-state index contributed by atoms with van der Waals surface area (Å²) in [5.74, 6) is 0. The molecule has 3 rings (SSSR count). The lowest BCUT2D eigenvalue weighted by atomic mass is 9.99. The first-order chi connectivity index (χ1) is 14.3. The number of carbonyl (C=O) groups is 1. The van der Waals surface area contributed by atoms with E-state index >= 15 is 0 Å². The highest BCUT2D eigenvalue weighted by Gasteiger charge is 2.34. The monoisotopic (exact) mass is 419 g/mol. The number of aromatic amines is 1. The van der Waals surface area contributed by atoms with Crippen LogP contribution in [-0.4, -0.2) is 22.9 Å². The topological polar surface area (TPSA) is 84.1 Å². The first kappa shape index (κ1) is 21.4. The zero-order chi connectivity index (χ0) is 21.7. The third-order valence-corrected chi connectivity index (χ3v) is 4.54. The van der Waals surface area contributed by atoms with Gasteiger partial charge in [-0.25, -0.2) is 9.89 Å². The van der Waals surface area contributed by atoms with Crippen LogP contribution in [0, 0.1) is 0 Å². The van der Waals surface area contributed by atoms with Gasteiger partial charge in [0.2, 0.25) is 0 Å². The van der Waals surface area contributed by atoms with Gasteiger partial charge in [0.1, 0.15) is 0 Å². The molecule has 0 spiro atoms. The fraction of sp³-hybridized carbons (Fsp3) is 0.286. The first-order valence-electron chi connectivity index (χ1n) is 9.39. The molecule has 0 fully saturated rings. The van der Waals surface area contributed by atoms with E-state index < -0.39 is 23.4 Å². The van der Waals surface area contributed by atoms with Crippen LogP contribution in [0.5, 0.6) is 0 Å². The lowest BCUT2D eigenvalue weighted by Gasteiger charge is -2.15. The van der Waals surface area contributed by atoms with E-state index in [1.54, 1.807) is 24.3 Å². The molecule has 0 unspecified atom stereocenters. The molecule has 0 saturated carbocycles. The van der Waals surface area contributed by atoms with Crippen LogP contribution >= 0.6 is 0 Å². The van der Waals surface area contributed by atoms with E-state index in [1.165, 1.54) is 12.1 Å². The van der Waals surface area contributed by atoms with Crippen molar-refractivity contribution in [3.63, 3.8) is 0 Å². The first-order valence-corrected chi connectivity index (χ1v) is 9.39. The summed E-state index contributed by atoms with van der Waals surface area (Å²) in [4.78, 5) is 23.6. The second-order valence-corrected chi connectivity index (χ2v) is 6.66. The summed E-state index contributed by atoms with van der Waals surface area (Å²) in [6, 6.07) is 10.3. The number of unbranched alkanes of at least 4 members (excludes halogenated alkanes) is 1. The number of benzene rings is 2. The van der Waals surface area contributed by atoms with E-state index in [2.05, 4.69) is 15.5 Å². The second-order valence-electron chi connectivity index (χ2n) is 6.66. The molecule has 0 bridgehead atoms. The van der Waals surface area contributed by atoms with Crippen LogP contribution in [0.1, 0.15) is 30.9 Å². The summed E-state index contributed by atoms with van der Waals surface area (Å²) < 4.78 is 45.9. The minimum Gasteiger partial charge on any atom is -0.450 e. The van der Waals surface area contributed by atoms with Crippen molar-refractivity contribution in [2.45, 2.75) is 32.5 Å². The molecule has 3 aromatic rings. The number of aromatic nitrogens is 2. The number of carbonyl (C=O) groups excluding carboxylic acids is 1. The van der Waals surface area contributed by atoms with E-state index in [9.17, 15) is 22.8 Å². The summed E-state index contributed by atoms with van der Waals surface area (Å²) in [5, 5.41) is 9.39. The van der Waals surface area contributed by atoms with Gasteiger partial charge in [0.15, 0.2) is 0 Å². The molecule has 158 valence electrons. The molecule has 1 heterocycles. The maximum Gasteiger partial charge on any atom is 0.416 e. The summed E-state index contributed by atoms with van der Waals surface area (Å²) >= 11 is 0. The van der Waals surface area contributed by atoms with Crippen LogP contribution in [0.3, 0.4) is 0 Å². The molecule has 1 aromatic heterocycles. The molecule has 9 heteroatoms. The molecule has 0 aliphatic rings. The smallest absolute Gasteiger partial charge is 0.416 e. The molecule has 1 amide bonds. The molecule has 0 saturated heterocycles. The zero-order valence-electron chi connectivity index (χ0n) is 16.2. The molecule has 30 heavy (non-hydrogen) atoms. The van der Waals surface area contributed by atoms with E-state index in [4.69, 9.17) is 4.74 Å². The number of amides is 1. The predicted molar refractivity (Wildman–Crippen MR) is 106 cm³/mol. The maximum atomic E-state index is 13.7. The summed E-state index contributed by atoms with van der Waals surface area (Å²) in [6.45, 7) is 1.80. The maximum absolute atomic E-state index is 13.7. The Morgan fingerprint density at radius 3 is 2.60 bits per heavy atom. The van der Waals surface area contributed by atoms with Gasteiger partial charge in [-0.1, -0.05) is 43.7 Å². The van der Waals surface area contributed by atoms with Crippen LogP contribution in [0.2, 0.25) is 0 Å². The highest BCUT2D eigenvalue weighted by Crippen LogP contribution is 2.35. The van der Waals surface area contributed by atoms with E-state index in [0.717, 1.165) is 12.5 Å². The average molecular weight is 419 g/mol. The number of halogens is 3. The number of nitrogens with one attached hydrogen (secondary N) is 2. The van der Waals surface area contributed by atoms with Crippen molar-refractivity contribution in [3.05, 3.63) is 63.9 Å². The van der Waals surface area contributed by atoms with Gasteiger partial charge in [-0.2, -0.15) is 18.3 Å². The SMILES string of the molecule is CCCCOC(=O)NCc1ccc(-c2n[nH]c(=O)c3ccccc23)cc1C(F)(F)F. The van der Waals surface area contributed by atoms with Crippen molar-refractivity contribution in [1.29, 1.82) is 0 Å². The number of ether oxygens (including phenoxy) is 1. The van der Waals surface area contributed by atoms with Crippen molar-refractivity contribution >= 4 is 16.9 Å². The molecule has 0 atom stereocenters. The van der Waals surface area contributed by atoms with Crippen molar-refractivity contribution in [3.8, 4) is 11.3 Å². The van der Waals surface area contributed by atoms with Gasteiger partial charge in [0.25, 0.3) is 5.56 Å². The summed E-state index contributed by atoms with van der Waals surface area (Å²) in [6.07, 6.45) is -3.90. The minimum absolute atomic E-state index is 0.104. The number of H-pyrrole nitrogens is 1.